The molecule has 0 radical (unpaired) electrons. The molecule has 0 bridgehead atoms. The molecule has 1 aliphatic rings. The van der Waals surface area contributed by atoms with E-state index in [2.05, 4.69) is 23.2 Å². The Hall–Kier alpha value is -1.86. The van der Waals surface area contributed by atoms with Crippen LogP contribution in [0.4, 0.5) is 5.69 Å². The molecule has 4 nitrogen and oxygen atoms in total. The van der Waals surface area contributed by atoms with Gasteiger partial charge in [0.2, 0.25) is 0 Å². The second-order valence-electron chi connectivity index (χ2n) is 6.61. The van der Waals surface area contributed by atoms with E-state index in [0.29, 0.717) is 11.1 Å². The molecule has 1 N–H and O–H groups in total. The molecule has 0 aromatic heterocycles. The smallest absolute Gasteiger partial charge is 0.159 e. The molecule has 1 heterocycles. The number of anilines is 1. The summed E-state index contributed by atoms with van der Waals surface area (Å²) in [7, 11) is 0. The van der Waals surface area contributed by atoms with Gasteiger partial charge in [-0.1, -0.05) is 6.92 Å². The SMILES string of the molecule is CC(=O)c1ccc(C#N)c(NCCCCN2CCCC(C)C2)c1. The number of rotatable bonds is 7. The van der Waals surface area contributed by atoms with Crippen molar-refractivity contribution in [3.8, 4) is 6.07 Å². The highest BCUT2D eigenvalue weighted by atomic mass is 16.1. The summed E-state index contributed by atoms with van der Waals surface area (Å²) in [5.41, 5.74) is 2.01. The fourth-order valence-corrected chi connectivity index (χ4v) is 3.18. The number of Topliss-reactive ketones (excluding diaryl/α,β-unsaturated/α-hetero) is 1. The quantitative estimate of drug-likeness (QED) is 0.616. The first-order valence-electron chi connectivity index (χ1n) is 8.61. The highest BCUT2D eigenvalue weighted by Crippen LogP contribution is 2.18. The second kappa shape index (κ2) is 8.69. The van der Waals surface area contributed by atoms with Crippen molar-refractivity contribution in [2.24, 2.45) is 5.92 Å². The monoisotopic (exact) mass is 313 g/mol. The Bertz CT molecular complexity index is 576. The standard InChI is InChI=1S/C19H27N3O/c1-15-6-5-11-22(14-15)10-4-3-9-21-19-12-17(16(2)23)7-8-18(19)13-20/h7-8,12,15,21H,3-6,9-11,14H2,1-2H3. The number of carbonyl (C=O) groups excluding carboxylic acids is 1. The Morgan fingerprint density at radius 3 is 2.96 bits per heavy atom. The molecule has 1 aliphatic heterocycles. The van der Waals surface area contributed by atoms with Crippen LogP contribution in [-0.4, -0.2) is 36.9 Å². The van der Waals surface area contributed by atoms with Gasteiger partial charge in [0.15, 0.2) is 5.78 Å². The first-order valence-corrected chi connectivity index (χ1v) is 8.61. The number of nitriles is 1. The maximum atomic E-state index is 11.5. The molecular formula is C19H27N3O. The summed E-state index contributed by atoms with van der Waals surface area (Å²) in [4.78, 5) is 14.0. The van der Waals surface area contributed by atoms with Crippen LogP contribution < -0.4 is 5.32 Å². The third-order valence-corrected chi connectivity index (χ3v) is 4.50. The van der Waals surface area contributed by atoms with Crippen molar-refractivity contribution in [1.29, 1.82) is 5.26 Å². The summed E-state index contributed by atoms with van der Waals surface area (Å²) in [6, 6.07) is 7.39. The summed E-state index contributed by atoms with van der Waals surface area (Å²) in [6.07, 6.45) is 4.92. The number of nitrogens with zero attached hydrogens (tertiary/aromatic N) is 2. The lowest BCUT2D eigenvalue weighted by molar-refractivity contribution is 0.101. The molecule has 1 aromatic carbocycles. The maximum absolute atomic E-state index is 11.5. The Morgan fingerprint density at radius 1 is 1.43 bits per heavy atom. The molecule has 124 valence electrons. The molecule has 0 spiro atoms. The maximum Gasteiger partial charge on any atom is 0.159 e. The molecule has 1 atom stereocenters. The Balaban J connectivity index is 1.76. The summed E-state index contributed by atoms with van der Waals surface area (Å²) in [5.74, 6) is 0.853. The molecule has 1 fully saturated rings. The number of ketones is 1. The number of benzene rings is 1. The summed E-state index contributed by atoms with van der Waals surface area (Å²) in [6.45, 7) is 8.33. The molecule has 1 unspecified atom stereocenters. The Labute approximate surface area is 139 Å². The number of hydrogen-bond donors (Lipinski definition) is 1. The van der Waals surface area contributed by atoms with Crippen LogP contribution in [0.2, 0.25) is 0 Å². The van der Waals surface area contributed by atoms with Crippen LogP contribution in [0.1, 0.15) is 55.5 Å². The van der Waals surface area contributed by atoms with Gasteiger partial charge in [0.1, 0.15) is 6.07 Å². The lowest BCUT2D eigenvalue weighted by Crippen LogP contribution is -2.35. The highest BCUT2D eigenvalue weighted by molar-refractivity contribution is 5.95. The Kier molecular flexibility index (Phi) is 6.61. The molecule has 23 heavy (non-hydrogen) atoms. The minimum Gasteiger partial charge on any atom is -0.384 e. The summed E-state index contributed by atoms with van der Waals surface area (Å²) in [5, 5.41) is 12.5. The predicted molar refractivity (Wildman–Crippen MR) is 93.7 cm³/mol. The topological polar surface area (TPSA) is 56.1 Å². The fourth-order valence-electron chi connectivity index (χ4n) is 3.18. The van der Waals surface area contributed by atoms with Crippen molar-refractivity contribution in [3.05, 3.63) is 29.3 Å². The number of likely N-dealkylation sites (tertiary alicyclic amines) is 1. The lowest BCUT2D eigenvalue weighted by Gasteiger charge is -2.30. The van der Waals surface area contributed by atoms with Crippen LogP contribution >= 0.6 is 0 Å². The van der Waals surface area contributed by atoms with Crippen molar-refractivity contribution in [1.82, 2.24) is 4.90 Å². The number of unbranched alkanes of at least 4 members (excludes halogenated alkanes) is 1. The van der Waals surface area contributed by atoms with Gasteiger partial charge < -0.3 is 10.2 Å². The van der Waals surface area contributed by atoms with E-state index >= 15 is 0 Å². The Morgan fingerprint density at radius 2 is 2.26 bits per heavy atom. The minimum absolute atomic E-state index is 0.0248. The highest BCUT2D eigenvalue weighted by Gasteiger charge is 2.15. The normalized spacial score (nSPS) is 18.4. The molecule has 2 rings (SSSR count). The number of carbonyl (C=O) groups is 1. The molecule has 1 aromatic rings. The molecule has 0 saturated carbocycles. The van der Waals surface area contributed by atoms with Crippen LogP contribution in [0.15, 0.2) is 18.2 Å². The minimum atomic E-state index is 0.0248. The van der Waals surface area contributed by atoms with Gasteiger partial charge in [-0.3, -0.25) is 4.79 Å². The fraction of sp³-hybridized carbons (Fsp3) is 0.579. The van der Waals surface area contributed by atoms with Gasteiger partial charge in [-0.2, -0.15) is 5.26 Å². The van der Waals surface area contributed by atoms with Gasteiger partial charge in [0.25, 0.3) is 0 Å². The number of hydrogen-bond acceptors (Lipinski definition) is 4. The van der Waals surface area contributed by atoms with Crippen LogP contribution in [0, 0.1) is 17.2 Å². The molecule has 1 saturated heterocycles. The van der Waals surface area contributed by atoms with Crippen molar-refractivity contribution < 1.29 is 4.79 Å². The third kappa shape index (κ3) is 5.37. The van der Waals surface area contributed by atoms with E-state index in [1.54, 1.807) is 25.1 Å². The zero-order valence-corrected chi connectivity index (χ0v) is 14.3. The van der Waals surface area contributed by atoms with Crippen LogP contribution in [0.5, 0.6) is 0 Å². The van der Waals surface area contributed by atoms with Crippen LogP contribution in [0.3, 0.4) is 0 Å². The van der Waals surface area contributed by atoms with Gasteiger partial charge in [0, 0.05) is 18.7 Å². The van der Waals surface area contributed by atoms with E-state index in [1.807, 2.05) is 0 Å². The second-order valence-corrected chi connectivity index (χ2v) is 6.61. The van der Waals surface area contributed by atoms with Gasteiger partial charge >= 0.3 is 0 Å². The van der Waals surface area contributed by atoms with Gasteiger partial charge in [-0.05, 0) is 69.8 Å². The zero-order chi connectivity index (χ0) is 16.7. The van der Waals surface area contributed by atoms with Gasteiger partial charge in [0.05, 0.1) is 11.3 Å². The lowest BCUT2D eigenvalue weighted by atomic mass is 10.0. The van der Waals surface area contributed by atoms with Gasteiger partial charge in [-0.25, -0.2) is 0 Å². The van der Waals surface area contributed by atoms with Crippen molar-refractivity contribution >= 4 is 11.5 Å². The largest absolute Gasteiger partial charge is 0.384 e. The average molecular weight is 313 g/mol. The van der Waals surface area contributed by atoms with Gasteiger partial charge in [-0.15, -0.1) is 0 Å². The van der Waals surface area contributed by atoms with Crippen molar-refractivity contribution in [3.63, 3.8) is 0 Å². The summed E-state index contributed by atoms with van der Waals surface area (Å²) < 4.78 is 0. The summed E-state index contributed by atoms with van der Waals surface area (Å²) >= 11 is 0. The molecule has 0 amide bonds. The number of piperidine rings is 1. The van der Waals surface area contributed by atoms with Crippen LogP contribution in [-0.2, 0) is 0 Å². The number of nitrogens with one attached hydrogen (secondary N) is 1. The zero-order valence-electron chi connectivity index (χ0n) is 14.3. The molecule has 0 aliphatic carbocycles. The first kappa shape index (κ1) is 17.5. The average Bonchev–Trinajstić information content (AvgIpc) is 2.54. The van der Waals surface area contributed by atoms with E-state index in [4.69, 9.17) is 5.26 Å². The van der Waals surface area contributed by atoms with E-state index in [-0.39, 0.29) is 5.78 Å². The van der Waals surface area contributed by atoms with Crippen LogP contribution in [0.25, 0.3) is 0 Å². The van der Waals surface area contributed by atoms with Crippen molar-refractivity contribution in [2.75, 3.05) is 31.5 Å². The molecule has 4 heteroatoms. The van der Waals surface area contributed by atoms with E-state index in [9.17, 15) is 4.79 Å². The van der Waals surface area contributed by atoms with Crippen molar-refractivity contribution in [2.45, 2.75) is 39.5 Å². The van der Waals surface area contributed by atoms with E-state index in [1.165, 1.54) is 25.9 Å². The molecular weight excluding hydrogens is 286 g/mol. The predicted octanol–water partition coefficient (Wildman–Crippen LogP) is 3.68. The van der Waals surface area contributed by atoms with E-state index in [0.717, 1.165) is 37.5 Å². The third-order valence-electron chi connectivity index (χ3n) is 4.50. The van der Waals surface area contributed by atoms with E-state index < -0.39 is 0 Å². The first-order chi connectivity index (χ1) is 11.1.